The van der Waals surface area contributed by atoms with Gasteiger partial charge < -0.3 is 4.57 Å². The second-order valence-corrected chi connectivity index (χ2v) is 4.96. The number of aryl methyl sites for hydroxylation is 1. The smallest absolute Gasteiger partial charge is 0.159 e. The van der Waals surface area contributed by atoms with Gasteiger partial charge in [0.1, 0.15) is 10.3 Å². The summed E-state index contributed by atoms with van der Waals surface area (Å²) in [5.74, 6) is 0.846. The van der Waals surface area contributed by atoms with Crippen LogP contribution in [0, 0.1) is 0 Å². The van der Waals surface area contributed by atoms with Gasteiger partial charge in [0, 0.05) is 31.2 Å². The van der Waals surface area contributed by atoms with Crippen molar-refractivity contribution in [3.05, 3.63) is 53.5 Å². The van der Waals surface area contributed by atoms with E-state index in [0.29, 0.717) is 0 Å². The maximum absolute atomic E-state index is 4.63. The lowest BCUT2D eigenvalue weighted by Crippen LogP contribution is -1.92. The fourth-order valence-electron chi connectivity index (χ4n) is 1.87. The largest absolute Gasteiger partial charge is 0.332 e. The van der Waals surface area contributed by atoms with Gasteiger partial charge in [0.15, 0.2) is 5.82 Å². The first-order valence-electron chi connectivity index (χ1n) is 5.81. The van der Waals surface area contributed by atoms with Crippen molar-refractivity contribution in [1.82, 2.24) is 19.5 Å². The lowest BCUT2D eigenvalue weighted by atomic mass is 10.2. The summed E-state index contributed by atoms with van der Waals surface area (Å²) >= 11 is 3.33. The normalized spacial score (nSPS) is 10.6. The van der Waals surface area contributed by atoms with Crippen molar-refractivity contribution >= 4 is 15.9 Å². The topological polar surface area (TPSA) is 43.6 Å². The molecular formula is C14H11BrN4. The lowest BCUT2D eigenvalue weighted by Gasteiger charge is -1.98. The van der Waals surface area contributed by atoms with Gasteiger partial charge in [0.2, 0.25) is 0 Å². The minimum atomic E-state index is 0.817. The maximum atomic E-state index is 4.63. The zero-order valence-electron chi connectivity index (χ0n) is 10.3. The first kappa shape index (κ1) is 12.0. The predicted molar refractivity (Wildman–Crippen MR) is 77.4 cm³/mol. The molecule has 5 heteroatoms. The summed E-state index contributed by atoms with van der Waals surface area (Å²) in [5, 5.41) is 0. The van der Waals surface area contributed by atoms with Crippen LogP contribution in [-0.2, 0) is 7.05 Å². The molecule has 0 aliphatic rings. The molecule has 0 amide bonds. The fraction of sp³-hybridized carbons (Fsp3) is 0.0714. The standard InChI is InChI=1S/C14H11BrN4/c1-19-9-12(10-5-6-13(15)17-8-10)18-14(19)11-4-2-3-7-16-11/h2-9H,1H3. The summed E-state index contributed by atoms with van der Waals surface area (Å²) < 4.78 is 2.79. The van der Waals surface area contributed by atoms with Gasteiger partial charge in [0.25, 0.3) is 0 Å². The molecule has 0 aliphatic heterocycles. The molecule has 0 bridgehead atoms. The highest BCUT2D eigenvalue weighted by atomic mass is 79.9. The van der Waals surface area contributed by atoms with Gasteiger partial charge in [-0.15, -0.1) is 0 Å². The average molecular weight is 315 g/mol. The highest BCUT2D eigenvalue weighted by Gasteiger charge is 2.10. The Hall–Kier alpha value is -2.01. The molecule has 94 valence electrons. The van der Waals surface area contributed by atoms with Crippen LogP contribution in [0.25, 0.3) is 22.8 Å². The zero-order chi connectivity index (χ0) is 13.2. The molecular weight excluding hydrogens is 304 g/mol. The van der Waals surface area contributed by atoms with Crippen LogP contribution in [0.3, 0.4) is 0 Å². The molecule has 0 unspecified atom stereocenters. The Morgan fingerprint density at radius 2 is 1.95 bits per heavy atom. The summed E-state index contributed by atoms with van der Waals surface area (Å²) in [5.41, 5.74) is 2.74. The summed E-state index contributed by atoms with van der Waals surface area (Å²) in [6.07, 6.45) is 5.55. The number of nitrogens with zero attached hydrogens (tertiary/aromatic N) is 4. The van der Waals surface area contributed by atoms with Crippen LogP contribution in [0.15, 0.2) is 53.5 Å². The Morgan fingerprint density at radius 1 is 1.05 bits per heavy atom. The zero-order valence-corrected chi connectivity index (χ0v) is 11.9. The van der Waals surface area contributed by atoms with Gasteiger partial charge in [-0.05, 0) is 40.2 Å². The van der Waals surface area contributed by atoms with Crippen LogP contribution >= 0.6 is 15.9 Å². The van der Waals surface area contributed by atoms with Gasteiger partial charge in [-0.2, -0.15) is 0 Å². The molecule has 0 saturated heterocycles. The van der Waals surface area contributed by atoms with Crippen molar-refractivity contribution in [2.75, 3.05) is 0 Å². The number of halogens is 1. The van der Waals surface area contributed by atoms with Crippen molar-refractivity contribution in [3.8, 4) is 22.8 Å². The van der Waals surface area contributed by atoms with Gasteiger partial charge >= 0.3 is 0 Å². The second kappa shape index (κ2) is 4.93. The van der Waals surface area contributed by atoms with E-state index in [1.165, 1.54) is 0 Å². The number of hydrogen-bond donors (Lipinski definition) is 0. The van der Waals surface area contributed by atoms with Crippen LogP contribution in [0.5, 0.6) is 0 Å². The number of rotatable bonds is 2. The van der Waals surface area contributed by atoms with Crippen LogP contribution in [-0.4, -0.2) is 19.5 Å². The van der Waals surface area contributed by atoms with Crippen molar-refractivity contribution in [2.45, 2.75) is 0 Å². The van der Waals surface area contributed by atoms with Gasteiger partial charge in [-0.25, -0.2) is 9.97 Å². The van der Waals surface area contributed by atoms with Crippen molar-refractivity contribution < 1.29 is 0 Å². The van der Waals surface area contributed by atoms with E-state index < -0.39 is 0 Å². The van der Waals surface area contributed by atoms with E-state index in [2.05, 4.69) is 30.9 Å². The molecule has 0 N–H and O–H groups in total. The van der Waals surface area contributed by atoms with E-state index >= 15 is 0 Å². The van der Waals surface area contributed by atoms with E-state index in [-0.39, 0.29) is 0 Å². The third kappa shape index (κ3) is 2.42. The number of hydrogen-bond acceptors (Lipinski definition) is 3. The molecule has 4 nitrogen and oxygen atoms in total. The molecule has 3 heterocycles. The third-order valence-corrected chi connectivity index (χ3v) is 3.26. The Bertz CT molecular complexity index is 689. The van der Waals surface area contributed by atoms with Crippen molar-refractivity contribution in [1.29, 1.82) is 0 Å². The van der Waals surface area contributed by atoms with Gasteiger partial charge in [-0.1, -0.05) is 6.07 Å². The maximum Gasteiger partial charge on any atom is 0.159 e. The molecule has 3 aromatic rings. The molecule has 0 saturated carbocycles. The molecule has 0 aliphatic carbocycles. The van der Waals surface area contributed by atoms with E-state index in [9.17, 15) is 0 Å². The predicted octanol–water partition coefficient (Wildman–Crippen LogP) is 3.31. The molecule has 0 spiro atoms. The Morgan fingerprint density at radius 3 is 2.63 bits per heavy atom. The first-order valence-corrected chi connectivity index (χ1v) is 6.60. The van der Waals surface area contributed by atoms with E-state index in [4.69, 9.17) is 0 Å². The summed E-state index contributed by atoms with van der Waals surface area (Å²) in [6.45, 7) is 0. The van der Waals surface area contributed by atoms with Crippen molar-refractivity contribution in [3.63, 3.8) is 0 Å². The van der Waals surface area contributed by atoms with E-state index in [1.54, 1.807) is 12.4 Å². The van der Waals surface area contributed by atoms with Crippen molar-refractivity contribution in [2.24, 2.45) is 7.05 Å². The number of pyridine rings is 2. The Labute approximate surface area is 119 Å². The summed E-state index contributed by atoms with van der Waals surface area (Å²) in [6, 6.07) is 9.70. The minimum absolute atomic E-state index is 0.817. The molecule has 0 aromatic carbocycles. The van der Waals surface area contributed by atoms with E-state index in [0.717, 1.165) is 27.4 Å². The summed E-state index contributed by atoms with van der Waals surface area (Å²) in [4.78, 5) is 13.2. The SMILES string of the molecule is Cn1cc(-c2ccc(Br)nc2)nc1-c1ccccn1. The monoisotopic (exact) mass is 314 g/mol. The molecule has 19 heavy (non-hydrogen) atoms. The summed E-state index contributed by atoms with van der Waals surface area (Å²) in [7, 11) is 1.97. The van der Waals surface area contributed by atoms with Gasteiger partial charge in [-0.3, -0.25) is 4.98 Å². The first-order chi connectivity index (χ1) is 9.24. The third-order valence-electron chi connectivity index (χ3n) is 2.79. The van der Waals surface area contributed by atoms with Crippen LogP contribution in [0.4, 0.5) is 0 Å². The highest BCUT2D eigenvalue weighted by Crippen LogP contribution is 2.23. The van der Waals surface area contributed by atoms with Crippen LogP contribution in [0.2, 0.25) is 0 Å². The van der Waals surface area contributed by atoms with Gasteiger partial charge in [0.05, 0.1) is 5.69 Å². The van der Waals surface area contributed by atoms with Crippen LogP contribution < -0.4 is 0 Å². The molecule has 0 fully saturated rings. The fourth-order valence-corrected chi connectivity index (χ4v) is 2.10. The molecule has 3 aromatic heterocycles. The number of aromatic nitrogens is 4. The Balaban J connectivity index is 2.04. The highest BCUT2D eigenvalue weighted by molar-refractivity contribution is 9.10. The second-order valence-electron chi connectivity index (χ2n) is 4.15. The van der Waals surface area contributed by atoms with Crippen LogP contribution in [0.1, 0.15) is 0 Å². The quantitative estimate of drug-likeness (QED) is 0.682. The number of imidazole rings is 1. The average Bonchev–Trinajstić information content (AvgIpc) is 2.83. The molecule has 3 rings (SSSR count). The lowest BCUT2D eigenvalue weighted by molar-refractivity contribution is 0.918. The molecule has 0 radical (unpaired) electrons. The minimum Gasteiger partial charge on any atom is -0.332 e. The molecule has 0 atom stereocenters. The van der Waals surface area contributed by atoms with E-state index in [1.807, 2.05) is 48.1 Å². The Kier molecular flexibility index (Phi) is 3.13.